The largest absolute Gasteiger partial charge is 0.310 e. The van der Waals surface area contributed by atoms with Crippen LogP contribution in [0.5, 0.6) is 0 Å². The van der Waals surface area contributed by atoms with Gasteiger partial charge in [-0.3, -0.25) is 0 Å². The van der Waals surface area contributed by atoms with Crippen molar-refractivity contribution in [1.29, 1.82) is 0 Å². The molecule has 3 heteroatoms. The lowest BCUT2D eigenvalue weighted by Gasteiger charge is -2.44. The quantitative estimate of drug-likeness (QED) is 0.166. The molecule has 290 valence electrons. The van der Waals surface area contributed by atoms with Crippen molar-refractivity contribution in [3.8, 4) is 16.8 Å². The van der Waals surface area contributed by atoms with E-state index in [4.69, 9.17) is 0 Å². The summed E-state index contributed by atoms with van der Waals surface area (Å²) in [7, 11) is 0. The molecule has 2 heterocycles. The molecular weight excluding hydrogens is 751 g/mol. The van der Waals surface area contributed by atoms with Crippen LogP contribution in [0, 0.1) is 0 Å². The Kier molecular flexibility index (Phi) is 7.52. The summed E-state index contributed by atoms with van der Waals surface area (Å²) in [6, 6.07) is 87.2. The van der Waals surface area contributed by atoms with Gasteiger partial charge in [0.25, 0.3) is 0 Å². The molecule has 13 rings (SSSR count). The number of rotatable bonds is 6. The number of benzene rings is 10. The Balaban J connectivity index is 1.10. The lowest BCUT2D eigenvalue weighted by Crippen LogP contribution is -2.36. The number of aromatic nitrogens is 1. The number of hydrogen-bond acceptors (Lipinski definition) is 2. The van der Waals surface area contributed by atoms with Gasteiger partial charge in [-0.2, -0.15) is 0 Å². The predicted octanol–water partition coefficient (Wildman–Crippen LogP) is 15.6. The molecule has 1 aliphatic carbocycles. The van der Waals surface area contributed by atoms with Crippen molar-refractivity contribution in [2.75, 3.05) is 9.80 Å². The minimum atomic E-state index is -0.570. The highest BCUT2D eigenvalue weighted by Crippen LogP contribution is 2.65. The van der Waals surface area contributed by atoms with Gasteiger partial charge in [0.05, 0.1) is 27.8 Å². The second-order valence-electron chi connectivity index (χ2n) is 16.5. The molecule has 1 unspecified atom stereocenters. The van der Waals surface area contributed by atoms with E-state index in [0.717, 1.165) is 28.4 Å². The van der Waals surface area contributed by atoms with Gasteiger partial charge < -0.3 is 14.4 Å². The molecule has 0 bridgehead atoms. The Morgan fingerprint density at radius 1 is 0.355 bits per heavy atom. The summed E-state index contributed by atoms with van der Waals surface area (Å²) in [6.07, 6.45) is 0. The van der Waals surface area contributed by atoms with Gasteiger partial charge in [0.15, 0.2) is 0 Å². The van der Waals surface area contributed by atoms with Crippen molar-refractivity contribution in [2.24, 2.45) is 0 Å². The first-order chi connectivity index (χ1) is 30.8. The number of para-hydroxylation sites is 4. The highest BCUT2D eigenvalue weighted by atomic mass is 15.2. The van der Waals surface area contributed by atoms with E-state index in [1.165, 1.54) is 77.3 Å². The van der Waals surface area contributed by atoms with E-state index in [1.54, 1.807) is 0 Å². The molecule has 0 fully saturated rings. The van der Waals surface area contributed by atoms with Crippen LogP contribution in [0.4, 0.5) is 34.1 Å². The van der Waals surface area contributed by atoms with Crippen LogP contribution in [0.25, 0.3) is 49.4 Å². The van der Waals surface area contributed by atoms with Gasteiger partial charge in [-0.25, -0.2) is 0 Å². The Hall–Kier alpha value is -8.14. The zero-order chi connectivity index (χ0) is 40.8. The fourth-order valence-electron chi connectivity index (χ4n) is 10.8. The molecular formula is C59H39N3. The van der Waals surface area contributed by atoms with Crippen LogP contribution < -0.4 is 9.80 Å². The van der Waals surface area contributed by atoms with Gasteiger partial charge in [0, 0.05) is 44.8 Å². The minimum Gasteiger partial charge on any atom is -0.310 e. The molecule has 0 spiro atoms. The molecule has 62 heavy (non-hydrogen) atoms. The van der Waals surface area contributed by atoms with E-state index >= 15 is 0 Å². The van der Waals surface area contributed by atoms with Crippen molar-refractivity contribution in [3.05, 3.63) is 259 Å². The van der Waals surface area contributed by atoms with Crippen LogP contribution in [0.1, 0.15) is 22.3 Å². The minimum absolute atomic E-state index is 0.570. The average Bonchev–Trinajstić information content (AvgIpc) is 3.83. The molecule has 1 aliphatic heterocycles. The number of fused-ring (bicyclic) bond motifs is 9. The van der Waals surface area contributed by atoms with E-state index in [-0.39, 0.29) is 0 Å². The molecule has 3 nitrogen and oxygen atoms in total. The Morgan fingerprint density at radius 2 is 0.968 bits per heavy atom. The fourth-order valence-corrected chi connectivity index (χ4v) is 10.8. The second kappa shape index (κ2) is 13.4. The summed E-state index contributed by atoms with van der Waals surface area (Å²) < 4.78 is 2.41. The lowest BCUT2D eigenvalue weighted by atomic mass is 9.65. The van der Waals surface area contributed by atoms with Crippen LogP contribution in [0.2, 0.25) is 0 Å². The standard InChI is InChI=1S/C59H39N3/c1-4-19-42(20-5-1)59-52-27-13-15-29-55(52)62(44-23-8-3-9-24-44)56-30-16-26-51(58(56)59)48-35-33-46(38-53(48)59)60(45-32-31-40-17-10-11-18-41(40)37-45)47-34-36-50-49-25-12-14-28-54(49)61(57(50)39-47)43-21-6-2-7-22-43/h1-39H. The molecule has 0 saturated heterocycles. The number of anilines is 6. The van der Waals surface area contributed by atoms with Gasteiger partial charge >= 0.3 is 0 Å². The Morgan fingerprint density at radius 3 is 1.81 bits per heavy atom. The monoisotopic (exact) mass is 789 g/mol. The van der Waals surface area contributed by atoms with Crippen molar-refractivity contribution in [3.63, 3.8) is 0 Å². The zero-order valence-corrected chi connectivity index (χ0v) is 33.9. The summed E-state index contributed by atoms with van der Waals surface area (Å²) in [6.45, 7) is 0. The van der Waals surface area contributed by atoms with Gasteiger partial charge in [0.2, 0.25) is 0 Å². The maximum absolute atomic E-state index is 2.49. The van der Waals surface area contributed by atoms with Gasteiger partial charge in [-0.05, 0) is 117 Å². The summed E-state index contributed by atoms with van der Waals surface area (Å²) in [5.41, 5.74) is 17.5. The Bertz CT molecular complexity index is 3540. The number of nitrogens with zero attached hydrogens (tertiary/aromatic N) is 3. The normalized spacial score (nSPS) is 14.8. The third-order valence-electron chi connectivity index (χ3n) is 13.3. The fraction of sp³-hybridized carbons (Fsp3) is 0.0169. The molecule has 11 aromatic rings. The van der Waals surface area contributed by atoms with Crippen molar-refractivity contribution in [1.82, 2.24) is 4.57 Å². The molecule has 1 atom stereocenters. The lowest BCUT2D eigenvalue weighted by molar-refractivity contribution is 0.753. The van der Waals surface area contributed by atoms with Crippen molar-refractivity contribution >= 4 is 66.7 Å². The Labute approximate surface area is 360 Å². The average molecular weight is 790 g/mol. The molecule has 1 aromatic heterocycles. The van der Waals surface area contributed by atoms with Crippen molar-refractivity contribution < 1.29 is 0 Å². The smallest absolute Gasteiger partial charge is 0.0755 e. The first-order valence-electron chi connectivity index (χ1n) is 21.4. The highest BCUT2D eigenvalue weighted by Gasteiger charge is 2.52. The molecule has 2 aliphatic rings. The second-order valence-corrected chi connectivity index (χ2v) is 16.5. The van der Waals surface area contributed by atoms with Gasteiger partial charge in [-0.1, -0.05) is 158 Å². The third-order valence-corrected chi connectivity index (χ3v) is 13.3. The molecule has 0 radical (unpaired) electrons. The summed E-state index contributed by atoms with van der Waals surface area (Å²) in [5, 5.41) is 4.90. The van der Waals surface area contributed by atoms with E-state index in [9.17, 15) is 0 Å². The number of hydrogen-bond donors (Lipinski definition) is 0. The first-order valence-corrected chi connectivity index (χ1v) is 21.4. The maximum Gasteiger partial charge on any atom is 0.0755 e. The summed E-state index contributed by atoms with van der Waals surface area (Å²) >= 11 is 0. The highest BCUT2D eigenvalue weighted by molar-refractivity contribution is 6.10. The molecule has 10 aromatic carbocycles. The summed E-state index contributed by atoms with van der Waals surface area (Å²) in [5.74, 6) is 0. The van der Waals surface area contributed by atoms with Crippen molar-refractivity contribution in [2.45, 2.75) is 5.41 Å². The van der Waals surface area contributed by atoms with E-state index < -0.39 is 5.41 Å². The van der Waals surface area contributed by atoms with Crippen LogP contribution in [0.15, 0.2) is 237 Å². The SMILES string of the molecule is c1ccc(N2c3ccccc3C3(c4ccccc4)c4cc(N(c5ccc6ccccc6c5)c5ccc6c7ccccc7n(-c7ccccc7)c6c5)ccc4-c4cccc2c43)cc1. The van der Waals surface area contributed by atoms with E-state index in [2.05, 4.69) is 251 Å². The van der Waals surface area contributed by atoms with Crippen LogP contribution in [-0.4, -0.2) is 4.57 Å². The third kappa shape index (κ3) is 4.88. The predicted molar refractivity (Wildman–Crippen MR) is 259 cm³/mol. The van der Waals surface area contributed by atoms with Gasteiger partial charge in [-0.15, -0.1) is 0 Å². The van der Waals surface area contributed by atoms with Crippen LogP contribution in [-0.2, 0) is 5.41 Å². The van der Waals surface area contributed by atoms with E-state index in [0.29, 0.717) is 0 Å². The molecule has 0 amide bonds. The molecule has 0 saturated carbocycles. The van der Waals surface area contributed by atoms with E-state index in [1.807, 2.05) is 0 Å². The van der Waals surface area contributed by atoms with Crippen LogP contribution in [0.3, 0.4) is 0 Å². The first kappa shape index (κ1) is 34.7. The molecule has 0 N–H and O–H groups in total. The van der Waals surface area contributed by atoms with Gasteiger partial charge in [0.1, 0.15) is 0 Å². The maximum atomic E-state index is 2.49. The topological polar surface area (TPSA) is 11.4 Å². The zero-order valence-electron chi connectivity index (χ0n) is 33.9. The summed E-state index contributed by atoms with van der Waals surface area (Å²) in [4.78, 5) is 4.93. The van der Waals surface area contributed by atoms with Crippen LogP contribution >= 0.6 is 0 Å².